The molecule has 0 radical (unpaired) electrons. The first-order valence-corrected chi connectivity index (χ1v) is 10.8. The highest BCUT2D eigenvalue weighted by atomic mass is 32.2. The molecule has 0 aliphatic heterocycles. The lowest BCUT2D eigenvalue weighted by Crippen LogP contribution is -2.40. The van der Waals surface area contributed by atoms with Crippen LogP contribution in [0.15, 0.2) is 72.4 Å². The lowest BCUT2D eigenvalue weighted by atomic mass is 10.1. The van der Waals surface area contributed by atoms with Crippen molar-refractivity contribution < 1.29 is 8.42 Å². The Morgan fingerprint density at radius 2 is 1.93 bits per heavy atom. The van der Waals surface area contributed by atoms with E-state index in [0.717, 1.165) is 23.7 Å². The fourth-order valence-corrected chi connectivity index (χ4v) is 4.65. The van der Waals surface area contributed by atoms with Crippen molar-refractivity contribution in [3.63, 3.8) is 0 Å². The third-order valence-corrected chi connectivity index (χ3v) is 6.20. The van der Waals surface area contributed by atoms with Gasteiger partial charge in [0.15, 0.2) is 0 Å². The van der Waals surface area contributed by atoms with Gasteiger partial charge in [-0.1, -0.05) is 49.1 Å². The lowest BCUT2D eigenvalue weighted by molar-refractivity contribution is 0.537. The second-order valence-electron chi connectivity index (χ2n) is 6.74. The fraction of sp³-hybridized carbons (Fsp3) is 0.227. The Bertz CT molecular complexity index is 1050. The van der Waals surface area contributed by atoms with Crippen molar-refractivity contribution in [3.05, 3.63) is 78.6 Å². The lowest BCUT2D eigenvalue weighted by Gasteiger charge is -2.17. The monoisotopic (exact) mass is 395 g/mol. The van der Waals surface area contributed by atoms with Crippen LogP contribution in [0.2, 0.25) is 0 Å². The molecule has 0 spiro atoms. The number of hydrogen-bond acceptors (Lipinski definition) is 4. The van der Waals surface area contributed by atoms with Crippen LogP contribution in [0.4, 0.5) is 0 Å². The minimum absolute atomic E-state index is 0.234. The van der Waals surface area contributed by atoms with Crippen molar-refractivity contribution in [2.45, 2.75) is 24.3 Å². The Balaban J connectivity index is 1.64. The summed E-state index contributed by atoms with van der Waals surface area (Å²) in [6.07, 6.45) is 5.85. The van der Waals surface area contributed by atoms with Crippen molar-refractivity contribution in [2.24, 2.45) is 0 Å². The van der Waals surface area contributed by atoms with Gasteiger partial charge < -0.3 is 5.32 Å². The largest absolute Gasteiger partial charge is 0.315 e. The summed E-state index contributed by atoms with van der Waals surface area (Å²) in [4.78, 5) is 4.32. The molecule has 6 heteroatoms. The maximum atomic E-state index is 12.9. The number of hydrogen-bond donors (Lipinski definition) is 2. The molecule has 0 saturated heterocycles. The van der Waals surface area contributed by atoms with E-state index in [1.807, 2.05) is 25.1 Å². The number of nitrogens with zero attached hydrogens (tertiary/aromatic N) is 1. The Morgan fingerprint density at radius 3 is 2.68 bits per heavy atom. The number of pyridine rings is 1. The molecule has 1 aromatic heterocycles. The summed E-state index contributed by atoms with van der Waals surface area (Å²) in [7, 11) is -3.66. The molecule has 2 aromatic carbocycles. The number of benzene rings is 2. The van der Waals surface area contributed by atoms with Crippen molar-refractivity contribution in [2.75, 3.05) is 13.1 Å². The summed E-state index contributed by atoms with van der Waals surface area (Å²) in [6.45, 7) is 6.99. The zero-order valence-corrected chi connectivity index (χ0v) is 16.7. The molecule has 0 aliphatic rings. The summed E-state index contributed by atoms with van der Waals surface area (Å²) in [5, 5.41) is 5.01. The molecule has 1 heterocycles. The summed E-state index contributed by atoms with van der Waals surface area (Å²) in [5.41, 5.74) is 1.85. The zero-order chi connectivity index (χ0) is 20.0. The summed E-state index contributed by atoms with van der Waals surface area (Å²) < 4.78 is 28.6. The predicted molar refractivity (Wildman–Crippen MR) is 115 cm³/mol. The van der Waals surface area contributed by atoms with Gasteiger partial charge in [0.05, 0.1) is 4.90 Å². The van der Waals surface area contributed by atoms with Gasteiger partial charge in [0.1, 0.15) is 0 Å². The predicted octanol–water partition coefficient (Wildman–Crippen LogP) is 3.38. The highest BCUT2D eigenvalue weighted by Crippen LogP contribution is 2.26. The van der Waals surface area contributed by atoms with Crippen LogP contribution in [0.3, 0.4) is 0 Å². The number of sulfonamides is 1. The van der Waals surface area contributed by atoms with E-state index >= 15 is 0 Å². The third-order valence-electron chi connectivity index (χ3n) is 4.56. The van der Waals surface area contributed by atoms with E-state index in [2.05, 4.69) is 33.7 Å². The smallest absolute Gasteiger partial charge is 0.241 e. The summed E-state index contributed by atoms with van der Waals surface area (Å²) in [6, 6.07) is 15.1. The van der Waals surface area contributed by atoms with Crippen molar-refractivity contribution in [1.82, 2.24) is 15.0 Å². The van der Waals surface area contributed by atoms with Crippen LogP contribution in [0.5, 0.6) is 0 Å². The number of aromatic nitrogens is 1. The SMILES string of the molecule is C=Cc1c(S(=O)(=O)N[C@H](C)CNCCc2ccccc2)ccc2cnccc12. The van der Waals surface area contributed by atoms with Crippen LogP contribution >= 0.6 is 0 Å². The van der Waals surface area contributed by atoms with E-state index in [9.17, 15) is 8.42 Å². The van der Waals surface area contributed by atoms with E-state index in [1.54, 1.807) is 36.7 Å². The molecule has 5 nitrogen and oxygen atoms in total. The van der Waals surface area contributed by atoms with Gasteiger partial charge in [-0.15, -0.1) is 0 Å². The maximum absolute atomic E-state index is 12.9. The standard InChI is InChI=1S/C22H25N3O2S/c1-3-20-21-12-14-24-16-19(21)9-10-22(20)28(26,27)25-17(2)15-23-13-11-18-7-5-4-6-8-18/h3-10,12,14,16-17,23,25H,1,11,13,15H2,2H3/t17-/m1/s1. The van der Waals surface area contributed by atoms with E-state index in [0.29, 0.717) is 12.1 Å². The Labute approximate surface area is 166 Å². The average Bonchev–Trinajstić information content (AvgIpc) is 2.70. The van der Waals surface area contributed by atoms with Gasteiger partial charge in [-0.05, 0) is 43.0 Å². The van der Waals surface area contributed by atoms with Gasteiger partial charge >= 0.3 is 0 Å². The zero-order valence-electron chi connectivity index (χ0n) is 15.9. The molecule has 3 aromatic rings. The van der Waals surface area contributed by atoms with Crippen LogP contribution in [0.1, 0.15) is 18.1 Å². The Hall–Kier alpha value is -2.54. The van der Waals surface area contributed by atoms with Crippen LogP contribution in [0.25, 0.3) is 16.8 Å². The first-order valence-electron chi connectivity index (χ1n) is 9.27. The van der Waals surface area contributed by atoms with Gasteiger partial charge in [0.2, 0.25) is 10.0 Å². The molecular formula is C22H25N3O2S. The van der Waals surface area contributed by atoms with Crippen LogP contribution in [-0.4, -0.2) is 32.5 Å². The highest BCUT2D eigenvalue weighted by Gasteiger charge is 2.21. The molecule has 0 aliphatic carbocycles. The van der Waals surface area contributed by atoms with Gasteiger partial charge in [0, 0.05) is 35.9 Å². The second kappa shape index (κ2) is 9.10. The molecule has 0 unspecified atom stereocenters. The summed E-state index contributed by atoms with van der Waals surface area (Å²) in [5.74, 6) is 0. The van der Waals surface area contributed by atoms with Crippen molar-refractivity contribution >= 4 is 26.9 Å². The minimum Gasteiger partial charge on any atom is -0.315 e. The molecule has 0 bridgehead atoms. The topological polar surface area (TPSA) is 71.1 Å². The molecule has 146 valence electrons. The first-order chi connectivity index (χ1) is 13.5. The van der Waals surface area contributed by atoms with Crippen LogP contribution < -0.4 is 10.0 Å². The number of fused-ring (bicyclic) bond motifs is 1. The Kier molecular flexibility index (Phi) is 6.57. The van der Waals surface area contributed by atoms with Crippen molar-refractivity contribution in [1.29, 1.82) is 0 Å². The molecule has 0 fully saturated rings. The average molecular weight is 396 g/mol. The number of nitrogens with one attached hydrogen (secondary N) is 2. The first kappa shape index (κ1) is 20.2. The maximum Gasteiger partial charge on any atom is 0.241 e. The molecule has 2 N–H and O–H groups in total. The van der Waals surface area contributed by atoms with Gasteiger partial charge in [-0.2, -0.15) is 0 Å². The van der Waals surface area contributed by atoms with E-state index in [4.69, 9.17) is 0 Å². The minimum atomic E-state index is -3.66. The van der Waals surface area contributed by atoms with E-state index < -0.39 is 10.0 Å². The van der Waals surface area contributed by atoms with Crippen molar-refractivity contribution in [3.8, 4) is 0 Å². The van der Waals surface area contributed by atoms with Crippen LogP contribution in [-0.2, 0) is 16.4 Å². The van der Waals surface area contributed by atoms with E-state index in [-0.39, 0.29) is 10.9 Å². The molecule has 3 rings (SSSR count). The van der Waals surface area contributed by atoms with Gasteiger partial charge in [-0.3, -0.25) is 4.98 Å². The molecule has 1 atom stereocenters. The summed E-state index contributed by atoms with van der Waals surface area (Å²) >= 11 is 0. The molecular weight excluding hydrogens is 370 g/mol. The van der Waals surface area contributed by atoms with Gasteiger partial charge in [0.25, 0.3) is 0 Å². The molecule has 0 amide bonds. The normalized spacial score (nSPS) is 12.8. The Morgan fingerprint density at radius 1 is 1.14 bits per heavy atom. The second-order valence-corrected chi connectivity index (χ2v) is 8.42. The highest BCUT2D eigenvalue weighted by molar-refractivity contribution is 7.89. The molecule has 28 heavy (non-hydrogen) atoms. The van der Waals surface area contributed by atoms with Crippen LogP contribution in [0, 0.1) is 0 Å². The number of rotatable bonds is 9. The van der Waals surface area contributed by atoms with E-state index in [1.165, 1.54) is 5.56 Å². The quantitative estimate of drug-likeness (QED) is 0.545. The van der Waals surface area contributed by atoms with Gasteiger partial charge in [-0.25, -0.2) is 13.1 Å². The third kappa shape index (κ3) is 4.84. The fourth-order valence-electron chi connectivity index (χ4n) is 3.18. The molecule has 0 saturated carbocycles.